The molecule has 0 aromatic carbocycles. The van der Waals surface area contributed by atoms with Gasteiger partial charge in [-0.25, -0.2) is 19.4 Å². The van der Waals surface area contributed by atoms with Gasteiger partial charge in [0.15, 0.2) is 0 Å². The van der Waals surface area contributed by atoms with Crippen LogP contribution in [-0.4, -0.2) is 36.4 Å². The third-order valence-corrected chi connectivity index (χ3v) is 3.63. The smallest absolute Gasteiger partial charge is 0.211 e. The van der Waals surface area contributed by atoms with E-state index in [4.69, 9.17) is 0 Å². The third-order valence-electron chi connectivity index (χ3n) is 3.63. The molecule has 0 bridgehead atoms. The van der Waals surface area contributed by atoms with E-state index in [2.05, 4.69) is 15.0 Å². The van der Waals surface area contributed by atoms with Gasteiger partial charge in [0.1, 0.15) is 0 Å². The zero-order chi connectivity index (χ0) is 14.0. The van der Waals surface area contributed by atoms with Gasteiger partial charge < -0.3 is 0 Å². The van der Waals surface area contributed by atoms with Crippen molar-refractivity contribution in [1.82, 2.24) is 0 Å². The first-order valence-electron chi connectivity index (χ1n) is 6.49. The second-order valence-corrected chi connectivity index (χ2v) is 4.72. The summed E-state index contributed by atoms with van der Waals surface area (Å²) in [4.78, 5) is 42.3. The van der Waals surface area contributed by atoms with Crippen LogP contribution in [0.5, 0.6) is 0 Å². The Morgan fingerprint density at radius 1 is 1.05 bits per heavy atom. The first kappa shape index (κ1) is 15.2. The number of isocyanates is 3. The second-order valence-electron chi connectivity index (χ2n) is 4.72. The minimum Gasteiger partial charge on any atom is -0.211 e. The molecule has 2 atom stereocenters. The highest BCUT2D eigenvalue weighted by atomic mass is 16.1. The molecular weight excluding hydrogens is 246 g/mol. The normalized spacial score (nSPS) is 25.6. The number of rotatable bonds is 7. The molecule has 1 saturated carbocycles. The quantitative estimate of drug-likeness (QED) is 0.399. The molecule has 0 aliphatic heterocycles. The largest absolute Gasteiger partial charge is 0.235 e. The van der Waals surface area contributed by atoms with E-state index in [9.17, 15) is 14.4 Å². The van der Waals surface area contributed by atoms with E-state index >= 15 is 0 Å². The van der Waals surface area contributed by atoms with Crippen molar-refractivity contribution in [3.8, 4) is 0 Å². The minimum atomic E-state index is -0.623. The summed E-state index contributed by atoms with van der Waals surface area (Å²) in [7, 11) is 0. The molecule has 0 N–H and O–H groups in total. The monoisotopic (exact) mass is 263 g/mol. The minimum absolute atomic E-state index is 0.283. The number of aliphatic imine (C=N–C) groups is 3. The Hall–Kier alpha value is -1.86. The summed E-state index contributed by atoms with van der Waals surface area (Å²) in [6.07, 6.45) is 10.2. The molecular formula is C13H17N3O3. The lowest BCUT2D eigenvalue weighted by Crippen LogP contribution is -2.42. The number of hydrogen-bond donors (Lipinski definition) is 0. The van der Waals surface area contributed by atoms with Gasteiger partial charge in [0.05, 0.1) is 18.1 Å². The highest BCUT2D eigenvalue weighted by Gasteiger charge is 2.40. The highest BCUT2D eigenvalue weighted by molar-refractivity contribution is 5.38. The lowest BCUT2D eigenvalue weighted by Gasteiger charge is -2.37. The van der Waals surface area contributed by atoms with Crippen molar-refractivity contribution in [3.05, 3.63) is 0 Å². The van der Waals surface area contributed by atoms with Crippen molar-refractivity contribution in [2.24, 2.45) is 15.0 Å². The van der Waals surface area contributed by atoms with Crippen LogP contribution >= 0.6 is 0 Å². The van der Waals surface area contributed by atoms with E-state index in [-0.39, 0.29) is 6.04 Å². The lowest BCUT2D eigenvalue weighted by atomic mass is 9.75. The van der Waals surface area contributed by atoms with Crippen LogP contribution in [-0.2, 0) is 14.4 Å². The molecule has 6 nitrogen and oxygen atoms in total. The number of carbonyl (C=O) groups excluding carboxylic acids is 3. The van der Waals surface area contributed by atoms with Crippen LogP contribution in [0.15, 0.2) is 15.0 Å². The Bertz CT molecular complexity index is 432. The molecule has 1 fully saturated rings. The number of hydrogen-bond acceptors (Lipinski definition) is 6. The number of unbranched alkanes of at least 4 members (excludes halogenated alkanes) is 1. The van der Waals surface area contributed by atoms with Gasteiger partial charge in [0, 0.05) is 0 Å². The van der Waals surface area contributed by atoms with Crippen LogP contribution in [0.3, 0.4) is 0 Å². The summed E-state index contributed by atoms with van der Waals surface area (Å²) in [5, 5.41) is 0. The van der Waals surface area contributed by atoms with Gasteiger partial charge in [0.25, 0.3) is 0 Å². The first-order chi connectivity index (χ1) is 9.29. The van der Waals surface area contributed by atoms with Crippen molar-refractivity contribution in [2.45, 2.75) is 56.5 Å². The first-order valence-corrected chi connectivity index (χ1v) is 6.49. The van der Waals surface area contributed by atoms with Gasteiger partial charge in [0.2, 0.25) is 18.2 Å². The molecule has 0 aromatic heterocycles. The molecule has 0 heterocycles. The lowest BCUT2D eigenvalue weighted by molar-refractivity contribution is 0.235. The summed E-state index contributed by atoms with van der Waals surface area (Å²) < 4.78 is 0. The van der Waals surface area contributed by atoms with Crippen molar-refractivity contribution in [3.63, 3.8) is 0 Å². The fourth-order valence-electron chi connectivity index (χ4n) is 2.69. The van der Waals surface area contributed by atoms with Gasteiger partial charge >= 0.3 is 0 Å². The van der Waals surface area contributed by atoms with Gasteiger partial charge in [-0.15, -0.1) is 0 Å². The van der Waals surface area contributed by atoms with Crippen molar-refractivity contribution < 1.29 is 14.4 Å². The Labute approximate surface area is 111 Å². The summed E-state index contributed by atoms with van der Waals surface area (Å²) in [5.41, 5.74) is -0.623. The molecule has 0 aromatic rings. The van der Waals surface area contributed by atoms with Crippen LogP contribution in [0.1, 0.15) is 44.9 Å². The van der Waals surface area contributed by atoms with Gasteiger partial charge in [-0.1, -0.05) is 12.8 Å². The molecule has 6 heteroatoms. The molecule has 2 unspecified atom stereocenters. The third kappa shape index (κ3) is 4.38. The molecule has 0 saturated heterocycles. The van der Waals surface area contributed by atoms with Crippen LogP contribution < -0.4 is 0 Å². The van der Waals surface area contributed by atoms with E-state index in [0.717, 1.165) is 38.5 Å². The summed E-state index contributed by atoms with van der Waals surface area (Å²) in [6, 6.07) is -0.283. The zero-order valence-corrected chi connectivity index (χ0v) is 10.8. The van der Waals surface area contributed by atoms with Crippen LogP contribution in [0.4, 0.5) is 0 Å². The maximum Gasteiger partial charge on any atom is 0.235 e. The molecule has 0 spiro atoms. The predicted octanol–water partition coefficient (Wildman–Crippen LogP) is 1.85. The van der Waals surface area contributed by atoms with E-state index in [1.54, 1.807) is 12.2 Å². The summed E-state index contributed by atoms with van der Waals surface area (Å²) in [5.74, 6) is 0. The van der Waals surface area contributed by atoms with Crippen molar-refractivity contribution in [1.29, 1.82) is 0 Å². The number of nitrogens with zero attached hydrogens (tertiary/aromatic N) is 3. The average Bonchev–Trinajstić information content (AvgIpc) is 2.42. The van der Waals surface area contributed by atoms with Crippen molar-refractivity contribution in [2.75, 3.05) is 6.54 Å². The Kier molecular flexibility index (Phi) is 6.62. The van der Waals surface area contributed by atoms with Crippen LogP contribution in [0, 0.1) is 0 Å². The second kappa shape index (κ2) is 8.28. The Morgan fingerprint density at radius 3 is 2.58 bits per heavy atom. The summed E-state index contributed by atoms with van der Waals surface area (Å²) in [6.45, 7) is 0.423. The van der Waals surface area contributed by atoms with Gasteiger partial charge in [-0.05, 0) is 32.1 Å². The van der Waals surface area contributed by atoms with Gasteiger partial charge in [-0.3, -0.25) is 0 Å². The van der Waals surface area contributed by atoms with Crippen molar-refractivity contribution >= 4 is 18.2 Å². The molecule has 1 rings (SSSR count). The standard InChI is InChI=1S/C13H17N3O3/c17-9-14-8-4-3-7-13(16-11-19)6-2-1-5-12(13)15-10-18/h12H,1-8H2. The van der Waals surface area contributed by atoms with E-state index < -0.39 is 5.54 Å². The maximum absolute atomic E-state index is 10.7. The maximum atomic E-state index is 10.7. The Balaban J connectivity index is 2.72. The fraction of sp³-hybridized carbons (Fsp3) is 0.769. The SMILES string of the molecule is O=C=NCCCCC1(N=C=O)CCCCC1N=C=O. The molecule has 0 radical (unpaired) electrons. The molecule has 1 aliphatic rings. The topological polar surface area (TPSA) is 88.3 Å². The van der Waals surface area contributed by atoms with E-state index in [1.165, 1.54) is 6.08 Å². The molecule has 1 aliphatic carbocycles. The zero-order valence-electron chi connectivity index (χ0n) is 10.8. The molecule has 19 heavy (non-hydrogen) atoms. The predicted molar refractivity (Wildman–Crippen MR) is 68.1 cm³/mol. The molecule has 0 amide bonds. The summed E-state index contributed by atoms with van der Waals surface area (Å²) >= 11 is 0. The van der Waals surface area contributed by atoms with E-state index in [0.29, 0.717) is 13.0 Å². The highest BCUT2D eigenvalue weighted by Crippen LogP contribution is 2.37. The van der Waals surface area contributed by atoms with Crippen LogP contribution in [0.25, 0.3) is 0 Å². The van der Waals surface area contributed by atoms with Crippen LogP contribution in [0.2, 0.25) is 0 Å². The Morgan fingerprint density at radius 2 is 1.89 bits per heavy atom. The molecule has 102 valence electrons. The van der Waals surface area contributed by atoms with E-state index in [1.807, 2.05) is 0 Å². The average molecular weight is 263 g/mol. The fourth-order valence-corrected chi connectivity index (χ4v) is 2.69. The van der Waals surface area contributed by atoms with Gasteiger partial charge in [-0.2, -0.15) is 9.98 Å².